The first-order valence-corrected chi connectivity index (χ1v) is 8.37. The third-order valence-corrected chi connectivity index (χ3v) is 6.00. The molecule has 1 aromatic heterocycles. The van der Waals surface area contributed by atoms with E-state index in [1.807, 2.05) is 0 Å². The van der Waals surface area contributed by atoms with Crippen molar-refractivity contribution in [3.63, 3.8) is 0 Å². The van der Waals surface area contributed by atoms with Gasteiger partial charge in [0, 0.05) is 20.7 Å². The third kappa shape index (κ3) is 4.01. The van der Waals surface area contributed by atoms with E-state index in [0.29, 0.717) is 5.56 Å². The molecule has 0 amide bonds. The van der Waals surface area contributed by atoms with Crippen LogP contribution in [0.1, 0.15) is 15.2 Å². The highest BCUT2D eigenvalue weighted by Crippen LogP contribution is 2.29. The maximum absolute atomic E-state index is 12.6. The van der Waals surface area contributed by atoms with Crippen LogP contribution < -0.4 is 0 Å². The second kappa shape index (κ2) is 7.32. The van der Waals surface area contributed by atoms with Crippen molar-refractivity contribution in [1.82, 2.24) is 4.31 Å². The Morgan fingerprint density at radius 3 is 2.62 bits per heavy atom. The lowest BCUT2D eigenvalue weighted by Gasteiger charge is -2.20. The number of hydrogen-bond acceptors (Lipinski definition) is 7. The molecule has 0 spiro atoms. The molecule has 0 bridgehead atoms. The van der Waals surface area contributed by atoms with Crippen molar-refractivity contribution in [2.24, 2.45) is 0 Å². The van der Waals surface area contributed by atoms with E-state index in [1.54, 1.807) is 12.3 Å². The summed E-state index contributed by atoms with van der Waals surface area (Å²) in [6.07, 6.45) is -0.949. The number of hydrogen-bond donors (Lipinski definition) is 1. The van der Waals surface area contributed by atoms with Gasteiger partial charge in [-0.3, -0.25) is 0 Å². The maximum atomic E-state index is 12.6. The fourth-order valence-electron chi connectivity index (χ4n) is 1.78. The predicted octanol–water partition coefficient (Wildman–Crippen LogP) is 0.471. The number of sulfonamides is 1. The summed E-state index contributed by atoms with van der Waals surface area (Å²) < 4.78 is 35.5. The first-order chi connectivity index (χ1) is 9.75. The largest absolute Gasteiger partial charge is 0.465 e. The Bertz CT molecular complexity index is 595. The first kappa shape index (κ1) is 18.1. The lowest BCUT2D eigenvalue weighted by Crippen LogP contribution is -2.36. The Hall–Kier alpha value is -1.00. The van der Waals surface area contributed by atoms with E-state index in [9.17, 15) is 18.3 Å². The molecule has 0 aromatic carbocycles. The lowest BCUT2D eigenvalue weighted by atomic mass is 10.3. The molecule has 0 aliphatic heterocycles. The third-order valence-electron chi connectivity index (χ3n) is 2.78. The molecular formula is C12H19NO6S2. The number of ether oxygens (including phenoxy) is 2. The van der Waals surface area contributed by atoms with Gasteiger partial charge in [-0.1, -0.05) is 0 Å². The number of aryl methyl sites for hydroxylation is 1. The Labute approximate surface area is 128 Å². The monoisotopic (exact) mass is 337 g/mol. The molecule has 1 rings (SSSR count). The van der Waals surface area contributed by atoms with Gasteiger partial charge < -0.3 is 14.6 Å². The normalized spacial score (nSPS) is 13.4. The minimum atomic E-state index is -3.90. The summed E-state index contributed by atoms with van der Waals surface area (Å²) in [4.78, 5) is 11.6. The van der Waals surface area contributed by atoms with Gasteiger partial charge in [-0.2, -0.15) is 4.31 Å². The van der Waals surface area contributed by atoms with Crippen LogP contribution >= 0.6 is 11.3 Å². The Morgan fingerprint density at radius 2 is 2.10 bits per heavy atom. The molecule has 0 saturated carbocycles. The van der Waals surface area contributed by atoms with Gasteiger partial charge in [0.05, 0.1) is 19.8 Å². The van der Waals surface area contributed by atoms with Gasteiger partial charge in [0.1, 0.15) is 9.77 Å². The average molecular weight is 337 g/mol. The van der Waals surface area contributed by atoms with Crippen molar-refractivity contribution >= 4 is 27.3 Å². The van der Waals surface area contributed by atoms with Gasteiger partial charge in [-0.25, -0.2) is 13.2 Å². The summed E-state index contributed by atoms with van der Waals surface area (Å²) in [5, 5.41) is 11.2. The zero-order valence-electron chi connectivity index (χ0n) is 12.3. The number of aliphatic hydroxyl groups is 1. The van der Waals surface area contributed by atoms with E-state index in [4.69, 9.17) is 4.74 Å². The number of rotatable bonds is 7. The van der Waals surface area contributed by atoms with Crippen LogP contribution in [0.15, 0.2) is 10.3 Å². The lowest BCUT2D eigenvalue weighted by molar-refractivity contribution is 0.0553. The van der Waals surface area contributed by atoms with E-state index in [2.05, 4.69) is 4.74 Å². The van der Waals surface area contributed by atoms with Gasteiger partial charge in [0.2, 0.25) is 10.0 Å². The fourth-order valence-corrected chi connectivity index (χ4v) is 4.64. The van der Waals surface area contributed by atoms with Crippen molar-refractivity contribution in [3.05, 3.63) is 15.8 Å². The van der Waals surface area contributed by atoms with Crippen LogP contribution in [0.25, 0.3) is 0 Å². The second-order valence-electron chi connectivity index (χ2n) is 4.46. The molecule has 0 saturated heterocycles. The molecule has 7 nitrogen and oxygen atoms in total. The van der Waals surface area contributed by atoms with Crippen LogP contribution in [-0.2, 0) is 19.5 Å². The summed E-state index contributed by atoms with van der Waals surface area (Å²) in [6, 6.07) is 0. The molecule has 0 fully saturated rings. The van der Waals surface area contributed by atoms with Crippen LogP contribution in [0, 0.1) is 6.92 Å². The van der Waals surface area contributed by atoms with Crippen molar-refractivity contribution < 1.29 is 27.8 Å². The molecule has 120 valence electrons. The molecule has 1 aromatic rings. The van der Waals surface area contributed by atoms with Crippen molar-refractivity contribution in [3.8, 4) is 0 Å². The van der Waals surface area contributed by atoms with Gasteiger partial charge in [0.25, 0.3) is 0 Å². The Morgan fingerprint density at radius 1 is 1.48 bits per heavy atom. The number of carbonyl (C=O) groups is 1. The SMILES string of the molecule is COCC(O)CN(C)S(=O)(=O)c1c(C)csc1C(=O)OC. The summed E-state index contributed by atoms with van der Waals surface area (Å²) in [5.74, 6) is -0.697. The average Bonchev–Trinajstić information content (AvgIpc) is 2.80. The highest BCUT2D eigenvalue weighted by molar-refractivity contribution is 7.89. The quantitative estimate of drug-likeness (QED) is 0.727. The smallest absolute Gasteiger partial charge is 0.349 e. The molecule has 21 heavy (non-hydrogen) atoms. The van der Waals surface area contributed by atoms with E-state index >= 15 is 0 Å². The highest BCUT2D eigenvalue weighted by atomic mass is 32.2. The first-order valence-electron chi connectivity index (χ1n) is 6.05. The summed E-state index contributed by atoms with van der Waals surface area (Å²) in [5.41, 5.74) is 0.466. The highest BCUT2D eigenvalue weighted by Gasteiger charge is 2.31. The van der Waals surface area contributed by atoms with Crippen LogP contribution in [-0.4, -0.2) is 64.3 Å². The van der Waals surface area contributed by atoms with Crippen LogP contribution in [0.2, 0.25) is 0 Å². The standard InChI is InChI=1S/C12H19NO6S2/c1-8-7-20-10(12(15)19-4)11(8)21(16,17)13(2)5-9(14)6-18-3/h7,9,14H,5-6H2,1-4H3. The number of methoxy groups -OCH3 is 2. The molecule has 0 aliphatic rings. The van der Waals surface area contributed by atoms with Crippen LogP contribution in [0.4, 0.5) is 0 Å². The molecule has 1 heterocycles. The Balaban J connectivity index is 3.13. The minimum absolute atomic E-state index is 0.0202. The number of aliphatic hydroxyl groups excluding tert-OH is 1. The minimum Gasteiger partial charge on any atom is -0.465 e. The summed E-state index contributed by atoms with van der Waals surface area (Å²) >= 11 is 1.01. The zero-order valence-corrected chi connectivity index (χ0v) is 14.0. The maximum Gasteiger partial charge on any atom is 0.349 e. The molecule has 1 N–H and O–H groups in total. The van der Waals surface area contributed by atoms with Crippen molar-refractivity contribution in [1.29, 1.82) is 0 Å². The second-order valence-corrected chi connectivity index (χ2v) is 7.32. The number of esters is 1. The van der Waals surface area contributed by atoms with Gasteiger partial charge >= 0.3 is 5.97 Å². The summed E-state index contributed by atoms with van der Waals surface area (Å²) in [7, 11) is 0.0486. The van der Waals surface area contributed by atoms with E-state index in [0.717, 1.165) is 15.6 Å². The number of thiophene rings is 1. The number of nitrogens with zero attached hydrogens (tertiary/aromatic N) is 1. The molecule has 0 aliphatic carbocycles. The molecule has 1 atom stereocenters. The predicted molar refractivity (Wildman–Crippen MR) is 78.1 cm³/mol. The topological polar surface area (TPSA) is 93.1 Å². The van der Waals surface area contributed by atoms with Gasteiger partial charge in [-0.15, -0.1) is 11.3 Å². The van der Waals surface area contributed by atoms with Crippen molar-refractivity contribution in [2.45, 2.75) is 17.9 Å². The fraction of sp³-hybridized carbons (Fsp3) is 0.583. The molecule has 9 heteroatoms. The zero-order chi connectivity index (χ0) is 16.2. The van der Waals surface area contributed by atoms with E-state index in [-0.39, 0.29) is 22.9 Å². The number of likely N-dealkylation sites (N-methyl/N-ethyl adjacent to an activating group) is 1. The van der Waals surface area contributed by atoms with E-state index in [1.165, 1.54) is 21.3 Å². The Kier molecular flexibility index (Phi) is 6.29. The van der Waals surface area contributed by atoms with Crippen molar-refractivity contribution in [2.75, 3.05) is 34.4 Å². The molecule has 0 radical (unpaired) electrons. The van der Waals surface area contributed by atoms with Gasteiger partial charge in [0.15, 0.2) is 0 Å². The van der Waals surface area contributed by atoms with Crippen LogP contribution in [0.5, 0.6) is 0 Å². The summed E-state index contributed by atoms with van der Waals surface area (Å²) in [6.45, 7) is 1.49. The molecular weight excluding hydrogens is 318 g/mol. The van der Waals surface area contributed by atoms with Crippen LogP contribution in [0.3, 0.4) is 0 Å². The molecule has 1 unspecified atom stereocenters. The number of carbonyl (C=O) groups excluding carboxylic acids is 1. The van der Waals surface area contributed by atoms with Gasteiger partial charge in [-0.05, 0) is 17.9 Å². The van der Waals surface area contributed by atoms with E-state index < -0.39 is 22.1 Å².